The van der Waals surface area contributed by atoms with Gasteiger partial charge in [0.05, 0.1) is 12.1 Å². The summed E-state index contributed by atoms with van der Waals surface area (Å²) in [5, 5.41) is 10.9. The molecule has 3 rings (SSSR count). The zero-order chi connectivity index (χ0) is 23.1. The minimum Gasteiger partial charge on any atom is -0.465 e. The highest BCUT2D eigenvalue weighted by atomic mass is 19.1. The van der Waals surface area contributed by atoms with Crippen LogP contribution in [0.4, 0.5) is 9.18 Å². The number of hydrogen-bond donors (Lipinski definition) is 3. The molecule has 170 valence electrons. The van der Waals surface area contributed by atoms with Crippen molar-refractivity contribution in [2.75, 3.05) is 13.1 Å². The molecule has 0 spiro atoms. The Morgan fingerprint density at radius 1 is 1.19 bits per heavy atom. The lowest BCUT2D eigenvalue weighted by Crippen LogP contribution is -2.43. The van der Waals surface area contributed by atoms with Crippen molar-refractivity contribution >= 4 is 17.8 Å². The van der Waals surface area contributed by atoms with E-state index in [1.165, 1.54) is 30.5 Å². The van der Waals surface area contributed by atoms with Gasteiger partial charge in [-0.1, -0.05) is 0 Å². The molecule has 0 bridgehead atoms. The predicted octanol–water partition coefficient (Wildman–Crippen LogP) is 2.88. The normalized spacial score (nSPS) is 16.6. The molecule has 9 heteroatoms. The van der Waals surface area contributed by atoms with Crippen molar-refractivity contribution in [3.8, 4) is 0 Å². The maximum absolute atomic E-state index is 13.2. The zero-order valence-corrected chi connectivity index (χ0v) is 17.7. The van der Waals surface area contributed by atoms with Crippen molar-refractivity contribution in [1.29, 1.82) is 0 Å². The highest BCUT2D eigenvalue weighted by molar-refractivity contribution is 6.08. The minimum atomic E-state index is -1.07. The van der Waals surface area contributed by atoms with Crippen LogP contribution in [0, 0.1) is 5.82 Å². The summed E-state index contributed by atoms with van der Waals surface area (Å²) in [5.74, 6) is -0.834. The predicted molar refractivity (Wildman–Crippen MR) is 116 cm³/mol. The van der Waals surface area contributed by atoms with Gasteiger partial charge in [-0.25, -0.2) is 9.18 Å². The van der Waals surface area contributed by atoms with Crippen molar-refractivity contribution < 1.29 is 23.9 Å². The average Bonchev–Trinajstić information content (AvgIpc) is 3.28. The van der Waals surface area contributed by atoms with Crippen LogP contribution in [0.15, 0.2) is 42.7 Å². The van der Waals surface area contributed by atoms with E-state index in [0.717, 1.165) is 18.4 Å². The second kappa shape index (κ2) is 10.8. The molecule has 0 saturated carbocycles. The molecule has 0 aliphatic carbocycles. The van der Waals surface area contributed by atoms with E-state index in [0.29, 0.717) is 43.5 Å². The van der Waals surface area contributed by atoms with Gasteiger partial charge in [0.15, 0.2) is 5.78 Å². The highest BCUT2D eigenvalue weighted by Gasteiger charge is 2.33. The SMILES string of the molecule is N[C@@H](CCCCNC(=O)O)C(=O)N1CCC[C@H]1c1cncc(C(=O)c2ccc(F)cc2)c1. The number of hydrogen-bond acceptors (Lipinski definition) is 5. The number of halogens is 1. The van der Waals surface area contributed by atoms with Crippen LogP contribution in [-0.4, -0.2) is 51.9 Å². The molecular formula is C23H27FN4O4. The molecule has 2 amide bonds. The lowest BCUT2D eigenvalue weighted by molar-refractivity contribution is -0.133. The molecule has 32 heavy (non-hydrogen) atoms. The van der Waals surface area contributed by atoms with Crippen LogP contribution in [-0.2, 0) is 4.79 Å². The Labute approximate surface area is 185 Å². The van der Waals surface area contributed by atoms with E-state index in [1.54, 1.807) is 17.2 Å². The van der Waals surface area contributed by atoms with Gasteiger partial charge in [0.2, 0.25) is 5.91 Å². The van der Waals surface area contributed by atoms with Gasteiger partial charge in [-0.3, -0.25) is 14.6 Å². The summed E-state index contributed by atoms with van der Waals surface area (Å²) < 4.78 is 13.2. The molecule has 1 aromatic heterocycles. The number of carbonyl (C=O) groups excluding carboxylic acids is 2. The number of ketones is 1. The fraction of sp³-hybridized carbons (Fsp3) is 0.391. The smallest absolute Gasteiger partial charge is 0.404 e. The molecule has 1 fully saturated rings. The Kier molecular flexibility index (Phi) is 7.88. The van der Waals surface area contributed by atoms with Gasteiger partial charge in [-0.2, -0.15) is 0 Å². The van der Waals surface area contributed by atoms with Gasteiger partial charge in [0, 0.05) is 36.6 Å². The monoisotopic (exact) mass is 442 g/mol. The van der Waals surface area contributed by atoms with E-state index >= 15 is 0 Å². The fourth-order valence-corrected chi connectivity index (χ4v) is 3.93. The van der Waals surface area contributed by atoms with Gasteiger partial charge in [0.25, 0.3) is 0 Å². The molecule has 4 N–H and O–H groups in total. The number of carboxylic acid groups (broad SMARTS) is 1. The minimum absolute atomic E-state index is 0.158. The number of rotatable bonds is 9. The number of nitrogens with one attached hydrogen (secondary N) is 1. The van der Waals surface area contributed by atoms with Crippen LogP contribution < -0.4 is 11.1 Å². The van der Waals surface area contributed by atoms with Crippen molar-refractivity contribution in [3.63, 3.8) is 0 Å². The third-order valence-corrected chi connectivity index (χ3v) is 5.58. The van der Waals surface area contributed by atoms with E-state index in [1.807, 2.05) is 0 Å². The molecule has 1 aromatic carbocycles. The molecular weight excluding hydrogens is 415 g/mol. The Morgan fingerprint density at radius 3 is 2.66 bits per heavy atom. The number of unbranched alkanes of at least 4 members (excludes halogenated alkanes) is 1. The highest BCUT2D eigenvalue weighted by Crippen LogP contribution is 2.32. The third kappa shape index (κ3) is 5.88. The van der Waals surface area contributed by atoms with Crippen LogP contribution >= 0.6 is 0 Å². The van der Waals surface area contributed by atoms with Crippen LogP contribution in [0.25, 0.3) is 0 Å². The number of benzene rings is 1. The summed E-state index contributed by atoms with van der Waals surface area (Å²) in [5.41, 5.74) is 7.63. The second-order valence-electron chi connectivity index (χ2n) is 7.87. The molecule has 2 atom stereocenters. The molecule has 1 saturated heterocycles. The van der Waals surface area contributed by atoms with Gasteiger partial charge in [0.1, 0.15) is 5.82 Å². The van der Waals surface area contributed by atoms with Crippen LogP contribution in [0.3, 0.4) is 0 Å². The Hall–Kier alpha value is -3.33. The molecule has 2 aromatic rings. The standard InChI is InChI=1S/C23H27FN4O4/c24-18-8-6-15(7-9-18)21(29)17-12-16(13-26-14-17)20-5-3-11-28(20)22(30)19(25)4-1-2-10-27-23(31)32/h6-9,12-14,19-20,27H,1-5,10-11,25H2,(H,31,32)/t19-,20-/m0/s1. The lowest BCUT2D eigenvalue weighted by Gasteiger charge is -2.28. The number of nitrogens with zero attached hydrogens (tertiary/aromatic N) is 2. The number of likely N-dealkylation sites (tertiary alicyclic amines) is 1. The zero-order valence-electron chi connectivity index (χ0n) is 17.7. The second-order valence-corrected chi connectivity index (χ2v) is 7.87. The number of pyridine rings is 1. The Balaban J connectivity index is 1.65. The van der Waals surface area contributed by atoms with E-state index in [-0.39, 0.29) is 17.7 Å². The van der Waals surface area contributed by atoms with E-state index < -0.39 is 18.0 Å². The maximum Gasteiger partial charge on any atom is 0.404 e. The molecule has 0 unspecified atom stereocenters. The van der Waals surface area contributed by atoms with Crippen molar-refractivity contribution in [2.24, 2.45) is 5.73 Å². The average molecular weight is 442 g/mol. The van der Waals surface area contributed by atoms with Crippen molar-refractivity contribution in [3.05, 3.63) is 65.2 Å². The molecule has 8 nitrogen and oxygen atoms in total. The summed E-state index contributed by atoms with van der Waals surface area (Å²) in [6.07, 6.45) is 5.32. The summed E-state index contributed by atoms with van der Waals surface area (Å²) >= 11 is 0. The van der Waals surface area contributed by atoms with Gasteiger partial charge in [-0.05, 0) is 68.0 Å². The van der Waals surface area contributed by atoms with Crippen LogP contribution in [0.2, 0.25) is 0 Å². The summed E-state index contributed by atoms with van der Waals surface area (Å²) in [7, 11) is 0. The van der Waals surface area contributed by atoms with Crippen molar-refractivity contribution in [2.45, 2.75) is 44.2 Å². The van der Waals surface area contributed by atoms with Crippen LogP contribution in [0.1, 0.15) is 59.6 Å². The Bertz CT molecular complexity index is 967. The third-order valence-electron chi connectivity index (χ3n) is 5.58. The largest absolute Gasteiger partial charge is 0.465 e. The van der Waals surface area contributed by atoms with E-state index in [2.05, 4.69) is 10.3 Å². The Morgan fingerprint density at radius 2 is 1.94 bits per heavy atom. The van der Waals surface area contributed by atoms with Gasteiger partial charge in [-0.15, -0.1) is 0 Å². The number of amides is 2. The number of carbonyl (C=O) groups is 3. The first-order chi connectivity index (χ1) is 15.4. The first-order valence-corrected chi connectivity index (χ1v) is 10.6. The topological polar surface area (TPSA) is 126 Å². The molecule has 2 heterocycles. The van der Waals surface area contributed by atoms with Crippen LogP contribution in [0.5, 0.6) is 0 Å². The number of aromatic nitrogens is 1. The summed E-state index contributed by atoms with van der Waals surface area (Å²) in [4.78, 5) is 42.1. The van der Waals surface area contributed by atoms with E-state index in [4.69, 9.17) is 10.8 Å². The number of nitrogens with two attached hydrogens (primary N) is 1. The van der Waals surface area contributed by atoms with E-state index in [9.17, 15) is 18.8 Å². The molecule has 1 aliphatic rings. The maximum atomic E-state index is 13.2. The van der Waals surface area contributed by atoms with Crippen molar-refractivity contribution in [1.82, 2.24) is 15.2 Å². The quantitative estimate of drug-likeness (QED) is 0.405. The fourth-order valence-electron chi connectivity index (χ4n) is 3.93. The lowest BCUT2D eigenvalue weighted by atomic mass is 9.99. The molecule has 1 aliphatic heterocycles. The first-order valence-electron chi connectivity index (χ1n) is 10.6. The summed E-state index contributed by atoms with van der Waals surface area (Å²) in [6.45, 7) is 0.900. The van der Waals surface area contributed by atoms with Gasteiger partial charge >= 0.3 is 6.09 Å². The molecule has 0 radical (unpaired) electrons. The summed E-state index contributed by atoms with van der Waals surface area (Å²) in [6, 6.07) is 6.19. The first kappa shape index (κ1) is 23.3. The van der Waals surface area contributed by atoms with Gasteiger partial charge < -0.3 is 21.1 Å².